The first-order valence-corrected chi connectivity index (χ1v) is 8.29. The van der Waals surface area contributed by atoms with Gasteiger partial charge in [-0.05, 0) is 54.8 Å². The molecule has 0 aliphatic carbocycles. The lowest BCUT2D eigenvalue weighted by Crippen LogP contribution is -2.18. The van der Waals surface area contributed by atoms with Crippen LogP contribution in [0.25, 0.3) is 10.9 Å². The van der Waals surface area contributed by atoms with Crippen LogP contribution in [0.3, 0.4) is 0 Å². The van der Waals surface area contributed by atoms with Crippen molar-refractivity contribution < 1.29 is 9.18 Å². The molecule has 0 bridgehead atoms. The highest BCUT2D eigenvalue weighted by molar-refractivity contribution is 5.92. The van der Waals surface area contributed by atoms with Crippen LogP contribution < -0.4 is 5.32 Å². The number of amides is 1. The van der Waals surface area contributed by atoms with Crippen LogP contribution in [0.4, 0.5) is 10.1 Å². The number of halogens is 1. The van der Waals surface area contributed by atoms with Gasteiger partial charge in [-0.25, -0.2) is 4.39 Å². The van der Waals surface area contributed by atoms with E-state index < -0.39 is 0 Å². The molecule has 1 N–H and O–H groups in total. The highest BCUT2D eigenvalue weighted by Crippen LogP contribution is 2.17. The van der Waals surface area contributed by atoms with Crippen LogP contribution in [0.5, 0.6) is 0 Å². The monoisotopic (exact) mass is 324 g/mol. The van der Waals surface area contributed by atoms with Crippen molar-refractivity contribution in [1.82, 2.24) is 4.57 Å². The molecule has 0 radical (unpaired) electrons. The van der Waals surface area contributed by atoms with Gasteiger partial charge in [-0.2, -0.15) is 0 Å². The standard InChI is InChI=1S/C20H21FN2O/c1-2-3-4-15-5-8-18(9-6-15)22-20(24)14-23-12-11-16-13-17(21)7-10-19(16)23/h5-13H,2-4,14H2,1H3,(H,22,24). The van der Waals surface area contributed by atoms with Gasteiger partial charge in [0.25, 0.3) is 0 Å². The van der Waals surface area contributed by atoms with Crippen molar-refractivity contribution in [1.29, 1.82) is 0 Å². The molecule has 0 saturated heterocycles. The first-order chi connectivity index (χ1) is 11.7. The number of hydrogen-bond acceptors (Lipinski definition) is 1. The molecule has 24 heavy (non-hydrogen) atoms. The van der Waals surface area contributed by atoms with Crippen LogP contribution in [0.2, 0.25) is 0 Å². The van der Waals surface area contributed by atoms with Gasteiger partial charge in [-0.3, -0.25) is 4.79 Å². The molecule has 2 aromatic carbocycles. The first-order valence-electron chi connectivity index (χ1n) is 8.29. The third-order valence-corrected chi connectivity index (χ3v) is 4.10. The number of rotatable bonds is 6. The molecule has 3 aromatic rings. The number of hydrogen-bond donors (Lipinski definition) is 1. The molecule has 0 fully saturated rings. The second-order valence-electron chi connectivity index (χ2n) is 6.00. The maximum absolute atomic E-state index is 13.2. The lowest BCUT2D eigenvalue weighted by atomic mass is 10.1. The highest BCUT2D eigenvalue weighted by atomic mass is 19.1. The second-order valence-corrected chi connectivity index (χ2v) is 6.00. The quantitative estimate of drug-likeness (QED) is 0.697. The molecule has 124 valence electrons. The normalized spacial score (nSPS) is 10.9. The molecule has 0 saturated carbocycles. The highest BCUT2D eigenvalue weighted by Gasteiger charge is 2.07. The Labute approximate surface area is 141 Å². The van der Waals surface area contributed by atoms with Crippen molar-refractivity contribution in [2.75, 3.05) is 5.32 Å². The predicted molar refractivity (Wildman–Crippen MR) is 95.6 cm³/mol. The molecule has 4 heteroatoms. The molecule has 3 nitrogen and oxygen atoms in total. The maximum atomic E-state index is 13.2. The lowest BCUT2D eigenvalue weighted by Gasteiger charge is -2.08. The number of aryl methyl sites for hydroxylation is 1. The number of nitrogens with zero attached hydrogens (tertiary/aromatic N) is 1. The molecule has 1 amide bonds. The van der Waals surface area contributed by atoms with E-state index in [1.165, 1.54) is 30.5 Å². The lowest BCUT2D eigenvalue weighted by molar-refractivity contribution is -0.116. The van der Waals surface area contributed by atoms with Gasteiger partial charge in [-0.1, -0.05) is 25.5 Å². The number of carbonyl (C=O) groups excluding carboxylic acids is 1. The zero-order valence-electron chi connectivity index (χ0n) is 13.8. The third-order valence-electron chi connectivity index (χ3n) is 4.10. The van der Waals surface area contributed by atoms with Gasteiger partial charge in [0.15, 0.2) is 0 Å². The molecule has 0 aliphatic rings. The number of carbonyl (C=O) groups is 1. The van der Waals surface area contributed by atoms with E-state index in [0.717, 1.165) is 23.0 Å². The van der Waals surface area contributed by atoms with Crippen LogP contribution in [0.1, 0.15) is 25.3 Å². The number of benzene rings is 2. The van der Waals surface area contributed by atoms with E-state index in [0.29, 0.717) is 0 Å². The zero-order valence-corrected chi connectivity index (χ0v) is 13.8. The fourth-order valence-electron chi connectivity index (χ4n) is 2.80. The summed E-state index contributed by atoms with van der Waals surface area (Å²) in [4.78, 5) is 12.2. The van der Waals surface area contributed by atoms with Crippen LogP contribution in [-0.2, 0) is 17.8 Å². The molecular weight excluding hydrogens is 303 g/mol. The molecule has 1 heterocycles. The molecule has 0 unspecified atom stereocenters. The van der Waals surface area contributed by atoms with E-state index in [4.69, 9.17) is 0 Å². The van der Waals surface area contributed by atoms with E-state index in [9.17, 15) is 9.18 Å². The smallest absolute Gasteiger partial charge is 0.244 e. The number of fused-ring (bicyclic) bond motifs is 1. The molecule has 0 atom stereocenters. The summed E-state index contributed by atoms with van der Waals surface area (Å²) in [5.41, 5.74) is 2.93. The molecule has 1 aromatic heterocycles. The minimum atomic E-state index is -0.270. The van der Waals surface area contributed by atoms with Crippen LogP contribution in [0.15, 0.2) is 54.7 Å². The van der Waals surface area contributed by atoms with Crippen molar-refractivity contribution in [3.8, 4) is 0 Å². The largest absolute Gasteiger partial charge is 0.338 e. The fraction of sp³-hybridized carbons (Fsp3) is 0.250. The van der Waals surface area contributed by atoms with Crippen molar-refractivity contribution in [2.45, 2.75) is 32.7 Å². The molecule has 3 rings (SSSR count). The first kappa shape index (κ1) is 16.2. The summed E-state index contributed by atoms with van der Waals surface area (Å²) >= 11 is 0. The summed E-state index contributed by atoms with van der Waals surface area (Å²) in [7, 11) is 0. The van der Waals surface area contributed by atoms with Gasteiger partial charge < -0.3 is 9.88 Å². The summed E-state index contributed by atoms with van der Waals surface area (Å²) in [6, 6.07) is 14.4. The van der Waals surface area contributed by atoms with Crippen LogP contribution in [-0.4, -0.2) is 10.5 Å². The van der Waals surface area contributed by atoms with Gasteiger partial charge >= 0.3 is 0 Å². The Bertz CT molecular complexity index is 836. The number of nitrogens with one attached hydrogen (secondary N) is 1. The average Bonchev–Trinajstić information content (AvgIpc) is 2.96. The Morgan fingerprint density at radius 3 is 2.67 bits per heavy atom. The second kappa shape index (κ2) is 7.30. The topological polar surface area (TPSA) is 34.0 Å². The van der Waals surface area contributed by atoms with Crippen molar-refractivity contribution in [3.05, 3.63) is 66.1 Å². The Kier molecular flexibility index (Phi) is 4.94. The fourth-order valence-corrected chi connectivity index (χ4v) is 2.80. The summed E-state index contributed by atoms with van der Waals surface area (Å²) < 4.78 is 15.0. The van der Waals surface area contributed by atoms with Gasteiger partial charge in [0, 0.05) is 22.8 Å². The zero-order chi connectivity index (χ0) is 16.9. The van der Waals surface area contributed by atoms with E-state index in [2.05, 4.69) is 24.4 Å². The average molecular weight is 324 g/mol. The number of unbranched alkanes of at least 4 members (excludes halogenated alkanes) is 1. The Hall–Kier alpha value is -2.62. The minimum absolute atomic E-state index is 0.0990. The maximum Gasteiger partial charge on any atom is 0.244 e. The van der Waals surface area contributed by atoms with Crippen LogP contribution in [0, 0.1) is 5.82 Å². The van der Waals surface area contributed by atoms with E-state index in [-0.39, 0.29) is 18.3 Å². The van der Waals surface area contributed by atoms with Gasteiger partial charge in [-0.15, -0.1) is 0 Å². The summed E-state index contributed by atoms with van der Waals surface area (Å²) in [6.07, 6.45) is 5.22. The van der Waals surface area contributed by atoms with Crippen molar-refractivity contribution in [3.63, 3.8) is 0 Å². The molecule has 0 aliphatic heterocycles. The third kappa shape index (κ3) is 3.82. The van der Waals surface area contributed by atoms with Crippen molar-refractivity contribution >= 4 is 22.5 Å². The number of anilines is 1. The summed E-state index contributed by atoms with van der Waals surface area (Å²) in [6.45, 7) is 2.38. The Morgan fingerprint density at radius 1 is 1.12 bits per heavy atom. The van der Waals surface area contributed by atoms with Gasteiger partial charge in [0.05, 0.1) is 0 Å². The summed E-state index contributed by atoms with van der Waals surface area (Å²) in [5.74, 6) is -0.369. The summed E-state index contributed by atoms with van der Waals surface area (Å²) in [5, 5.41) is 3.70. The predicted octanol–water partition coefficient (Wildman–Crippen LogP) is 4.76. The van der Waals surface area contributed by atoms with E-state index >= 15 is 0 Å². The SMILES string of the molecule is CCCCc1ccc(NC(=O)Cn2ccc3cc(F)ccc32)cc1. The molecule has 0 spiro atoms. The van der Waals surface area contributed by atoms with E-state index in [1.54, 1.807) is 12.3 Å². The van der Waals surface area contributed by atoms with Gasteiger partial charge in [0.2, 0.25) is 5.91 Å². The Balaban J connectivity index is 1.64. The van der Waals surface area contributed by atoms with Crippen LogP contribution >= 0.6 is 0 Å². The van der Waals surface area contributed by atoms with Crippen molar-refractivity contribution in [2.24, 2.45) is 0 Å². The molecular formula is C20H21FN2O. The number of aromatic nitrogens is 1. The minimum Gasteiger partial charge on any atom is -0.338 e. The van der Waals surface area contributed by atoms with Gasteiger partial charge in [0.1, 0.15) is 12.4 Å². The van der Waals surface area contributed by atoms with E-state index in [1.807, 2.05) is 22.8 Å². The Morgan fingerprint density at radius 2 is 1.92 bits per heavy atom.